The van der Waals surface area contributed by atoms with Crippen molar-refractivity contribution in [1.29, 1.82) is 0 Å². The zero-order valence-corrected chi connectivity index (χ0v) is 9.94. The Bertz CT molecular complexity index is 357. The van der Waals surface area contributed by atoms with Crippen molar-refractivity contribution in [1.82, 2.24) is 0 Å². The summed E-state index contributed by atoms with van der Waals surface area (Å²) in [5, 5.41) is 0. The average molecular weight is 188 g/mol. The van der Waals surface area contributed by atoms with E-state index in [0.29, 0.717) is 0 Å². The van der Waals surface area contributed by atoms with Gasteiger partial charge in [0.05, 0.1) is 0 Å². The molecule has 0 saturated heterocycles. The van der Waals surface area contributed by atoms with Gasteiger partial charge in [-0.05, 0) is 37.5 Å². The number of hydrogen-bond donors (Lipinski definition) is 0. The first-order chi connectivity index (χ1) is 6.38. The van der Waals surface area contributed by atoms with Gasteiger partial charge in [-0.1, -0.05) is 37.6 Å². The number of allylic oxidation sites excluding steroid dienone is 1. The highest BCUT2D eigenvalue weighted by molar-refractivity contribution is 5.43. The first-order valence-electron chi connectivity index (χ1n) is 5.10. The Hall–Kier alpha value is -1.04. The normalized spacial score (nSPS) is 11.5. The van der Waals surface area contributed by atoms with Crippen molar-refractivity contribution in [2.75, 3.05) is 0 Å². The number of hydrogen-bond acceptors (Lipinski definition) is 0. The van der Waals surface area contributed by atoms with E-state index in [2.05, 4.69) is 53.3 Å². The molecular formula is C14H20. The van der Waals surface area contributed by atoms with Crippen LogP contribution in [0.3, 0.4) is 0 Å². The van der Waals surface area contributed by atoms with Crippen LogP contribution in [-0.4, -0.2) is 0 Å². The SMILES string of the molecule is C=CC(C)(C)c1cc(C)cc(C)c1C. The van der Waals surface area contributed by atoms with E-state index in [4.69, 9.17) is 0 Å². The van der Waals surface area contributed by atoms with Crippen LogP contribution in [0.25, 0.3) is 0 Å². The number of aryl methyl sites for hydroxylation is 2. The Kier molecular flexibility index (Phi) is 2.84. The van der Waals surface area contributed by atoms with Crippen LogP contribution >= 0.6 is 0 Å². The third kappa shape index (κ3) is 1.89. The molecule has 0 atom stereocenters. The van der Waals surface area contributed by atoms with Crippen LogP contribution in [0.5, 0.6) is 0 Å². The van der Waals surface area contributed by atoms with Gasteiger partial charge in [0, 0.05) is 5.41 Å². The summed E-state index contributed by atoms with van der Waals surface area (Å²) in [7, 11) is 0. The van der Waals surface area contributed by atoms with E-state index in [0.717, 1.165) is 0 Å². The standard InChI is InChI=1S/C14H20/c1-7-14(5,6)13-9-10(2)8-11(3)12(13)4/h7-9H,1H2,2-6H3. The van der Waals surface area contributed by atoms with Crippen molar-refractivity contribution in [2.24, 2.45) is 0 Å². The van der Waals surface area contributed by atoms with Gasteiger partial charge in [0.2, 0.25) is 0 Å². The molecule has 0 heteroatoms. The molecule has 1 rings (SSSR count). The summed E-state index contributed by atoms with van der Waals surface area (Å²) in [5.74, 6) is 0. The van der Waals surface area contributed by atoms with Gasteiger partial charge >= 0.3 is 0 Å². The van der Waals surface area contributed by atoms with Gasteiger partial charge in [-0.25, -0.2) is 0 Å². The second-order valence-electron chi connectivity index (χ2n) is 4.68. The Morgan fingerprint density at radius 3 is 2.21 bits per heavy atom. The van der Waals surface area contributed by atoms with Crippen molar-refractivity contribution in [3.63, 3.8) is 0 Å². The van der Waals surface area contributed by atoms with Crippen molar-refractivity contribution in [3.8, 4) is 0 Å². The molecule has 0 heterocycles. The van der Waals surface area contributed by atoms with Crippen LogP contribution in [0.1, 0.15) is 36.1 Å². The zero-order chi connectivity index (χ0) is 10.9. The summed E-state index contributed by atoms with van der Waals surface area (Å²) < 4.78 is 0. The van der Waals surface area contributed by atoms with Crippen LogP contribution < -0.4 is 0 Å². The average Bonchev–Trinajstić information content (AvgIpc) is 2.11. The first-order valence-corrected chi connectivity index (χ1v) is 5.10. The van der Waals surface area contributed by atoms with E-state index < -0.39 is 0 Å². The van der Waals surface area contributed by atoms with Gasteiger partial charge in [0.25, 0.3) is 0 Å². The molecule has 0 bridgehead atoms. The highest BCUT2D eigenvalue weighted by Gasteiger charge is 2.19. The second kappa shape index (κ2) is 3.61. The highest BCUT2D eigenvalue weighted by atomic mass is 14.2. The first kappa shape index (κ1) is 11.0. The molecule has 0 N–H and O–H groups in total. The van der Waals surface area contributed by atoms with Crippen molar-refractivity contribution < 1.29 is 0 Å². The molecule has 0 nitrogen and oxygen atoms in total. The lowest BCUT2D eigenvalue weighted by molar-refractivity contribution is 0.664. The van der Waals surface area contributed by atoms with Crippen LogP contribution in [0, 0.1) is 20.8 Å². The van der Waals surface area contributed by atoms with Crippen molar-refractivity contribution in [2.45, 2.75) is 40.0 Å². The van der Waals surface area contributed by atoms with E-state index in [9.17, 15) is 0 Å². The van der Waals surface area contributed by atoms with Gasteiger partial charge in [0.1, 0.15) is 0 Å². The third-order valence-corrected chi connectivity index (χ3v) is 3.02. The van der Waals surface area contributed by atoms with Crippen molar-refractivity contribution in [3.05, 3.63) is 47.0 Å². The van der Waals surface area contributed by atoms with Crippen LogP contribution in [0.15, 0.2) is 24.8 Å². The largest absolute Gasteiger partial charge is 0.102 e. The number of benzene rings is 1. The summed E-state index contributed by atoms with van der Waals surface area (Å²) in [5.41, 5.74) is 5.55. The maximum Gasteiger partial charge on any atom is 0.00755 e. The molecule has 0 radical (unpaired) electrons. The zero-order valence-electron chi connectivity index (χ0n) is 9.94. The monoisotopic (exact) mass is 188 g/mol. The lowest BCUT2D eigenvalue weighted by Crippen LogP contribution is -2.15. The molecule has 14 heavy (non-hydrogen) atoms. The van der Waals surface area contributed by atoms with Gasteiger partial charge in [-0.2, -0.15) is 0 Å². The van der Waals surface area contributed by atoms with Gasteiger partial charge in [-0.3, -0.25) is 0 Å². The predicted octanol–water partition coefficient (Wildman–Crippen LogP) is 4.08. The Balaban J connectivity index is 3.41. The van der Waals surface area contributed by atoms with Gasteiger partial charge < -0.3 is 0 Å². The Labute approximate surface area is 87.7 Å². The molecule has 0 aliphatic rings. The Morgan fingerprint density at radius 2 is 1.71 bits per heavy atom. The molecule has 0 amide bonds. The second-order valence-corrected chi connectivity index (χ2v) is 4.68. The molecule has 0 unspecified atom stereocenters. The highest BCUT2D eigenvalue weighted by Crippen LogP contribution is 2.29. The van der Waals surface area contributed by atoms with Crippen LogP contribution in [-0.2, 0) is 5.41 Å². The summed E-state index contributed by atoms with van der Waals surface area (Å²) in [6.45, 7) is 14.8. The van der Waals surface area contributed by atoms with Gasteiger partial charge in [0.15, 0.2) is 0 Å². The maximum absolute atomic E-state index is 3.91. The van der Waals surface area contributed by atoms with Crippen LogP contribution in [0.4, 0.5) is 0 Å². The minimum atomic E-state index is 0.0703. The predicted molar refractivity (Wildman–Crippen MR) is 63.9 cm³/mol. The van der Waals surface area contributed by atoms with E-state index in [1.165, 1.54) is 22.3 Å². The minimum Gasteiger partial charge on any atom is -0.102 e. The van der Waals surface area contributed by atoms with Crippen molar-refractivity contribution >= 4 is 0 Å². The fourth-order valence-corrected chi connectivity index (χ4v) is 1.82. The topological polar surface area (TPSA) is 0 Å². The molecule has 0 spiro atoms. The molecule has 76 valence electrons. The lowest BCUT2D eigenvalue weighted by Gasteiger charge is -2.24. The minimum absolute atomic E-state index is 0.0703. The lowest BCUT2D eigenvalue weighted by atomic mass is 9.80. The quantitative estimate of drug-likeness (QED) is 0.614. The summed E-state index contributed by atoms with van der Waals surface area (Å²) in [6.07, 6.45) is 2.02. The number of rotatable bonds is 2. The molecule has 0 fully saturated rings. The van der Waals surface area contributed by atoms with E-state index in [1.54, 1.807) is 0 Å². The fraction of sp³-hybridized carbons (Fsp3) is 0.429. The summed E-state index contributed by atoms with van der Waals surface area (Å²) in [6, 6.07) is 4.50. The third-order valence-electron chi connectivity index (χ3n) is 3.02. The fourth-order valence-electron chi connectivity index (χ4n) is 1.82. The van der Waals surface area contributed by atoms with Gasteiger partial charge in [-0.15, -0.1) is 6.58 Å². The smallest absolute Gasteiger partial charge is 0.00755 e. The molecular weight excluding hydrogens is 168 g/mol. The Morgan fingerprint density at radius 1 is 1.14 bits per heavy atom. The van der Waals surface area contributed by atoms with E-state index in [1.807, 2.05) is 6.08 Å². The van der Waals surface area contributed by atoms with E-state index >= 15 is 0 Å². The molecule has 1 aromatic rings. The molecule has 0 aromatic heterocycles. The molecule has 0 saturated carbocycles. The summed E-state index contributed by atoms with van der Waals surface area (Å²) >= 11 is 0. The molecule has 0 aliphatic carbocycles. The van der Waals surface area contributed by atoms with E-state index in [-0.39, 0.29) is 5.41 Å². The molecule has 1 aromatic carbocycles. The molecule has 0 aliphatic heterocycles. The maximum atomic E-state index is 3.91. The van der Waals surface area contributed by atoms with Crippen LogP contribution in [0.2, 0.25) is 0 Å². The summed E-state index contributed by atoms with van der Waals surface area (Å²) in [4.78, 5) is 0.